The minimum absolute atomic E-state index is 0.275. The van der Waals surface area contributed by atoms with Crippen molar-refractivity contribution in [3.8, 4) is 11.5 Å². The lowest BCUT2D eigenvalue weighted by Gasteiger charge is -2.14. The van der Waals surface area contributed by atoms with Crippen LogP contribution >= 0.6 is 0 Å². The van der Waals surface area contributed by atoms with Crippen LogP contribution in [0.3, 0.4) is 0 Å². The van der Waals surface area contributed by atoms with Crippen molar-refractivity contribution in [3.05, 3.63) is 54.2 Å². The van der Waals surface area contributed by atoms with Gasteiger partial charge in [0.2, 0.25) is 0 Å². The molecule has 0 aliphatic carbocycles. The Labute approximate surface area is 117 Å². The molecule has 20 heavy (non-hydrogen) atoms. The molecule has 0 aromatic carbocycles. The fraction of sp³-hybridized carbons (Fsp3) is 0.267. The van der Waals surface area contributed by atoms with E-state index in [1.165, 1.54) is 0 Å². The molecule has 0 aliphatic heterocycles. The first kappa shape index (κ1) is 12.6. The minimum atomic E-state index is 0.275. The van der Waals surface area contributed by atoms with Crippen LogP contribution in [0.15, 0.2) is 42.9 Å². The molecule has 1 N–H and O–H groups in total. The predicted molar refractivity (Wildman–Crippen MR) is 77.2 cm³/mol. The van der Waals surface area contributed by atoms with Gasteiger partial charge in [0, 0.05) is 36.7 Å². The Kier molecular flexibility index (Phi) is 3.33. The molecule has 1 unspecified atom stereocenters. The number of H-pyrrole nitrogens is 1. The first-order valence-electron chi connectivity index (χ1n) is 6.69. The number of aryl methyl sites for hydroxylation is 1. The lowest BCUT2D eigenvalue weighted by Crippen LogP contribution is -2.09. The smallest absolute Gasteiger partial charge is 0.158 e. The number of nitrogens with zero attached hydrogens (tertiary/aromatic N) is 4. The van der Waals surface area contributed by atoms with Crippen molar-refractivity contribution in [2.24, 2.45) is 0 Å². The van der Waals surface area contributed by atoms with Crippen molar-refractivity contribution in [1.29, 1.82) is 0 Å². The summed E-state index contributed by atoms with van der Waals surface area (Å²) in [6.45, 7) is 4.18. The van der Waals surface area contributed by atoms with E-state index < -0.39 is 0 Å². The topological polar surface area (TPSA) is 59.4 Å². The van der Waals surface area contributed by atoms with Gasteiger partial charge in [-0.25, -0.2) is 4.98 Å². The molecule has 3 rings (SSSR count). The number of aromatic nitrogens is 5. The summed E-state index contributed by atoms with van der Waals surface area (Å²) < 4.78 is 2.15. The molecule has 3 aromatic rings. The second kappa shape index (κ2) is 5.28. The molecule has 0 aliphatic rings. The van der Waals surface area contributed by atoms with E-state index in [4.69, 9.17) is 0 Å². The second-order valence-electron chi connectivity index (χ2n) is 4.97. The molecule has 102 valence electrons. The molecule has 0 spiro atoms. The van der Waals surface area contributed by atoms with Gasteiger partial charge in [0.15, 0.2) is 5.82 Å². The quantitative estimate of drug-likeness (QED) is 0.790. The van der Waals surface area contributed by atoms with Crippen LogP contribution in [0.5, 0.6) is 0 Å². The Hall–Kier alpha value is -2.43. The van der Waals surface area contributed by atoms with Crippen LogP contribution in [-0.4, -0.2) is 24.7 Å². The Morgan fingerprint density at radius 3 is 2.85 bits per heavy atom. The monoisotopic (exact) mass is 267 g/mol. The largest absolute Gasteiger partial charge is 0.327 e. The normalized spacial score (nSPS) is 12.5. The van der Waals surface area contributed by atoms with Crippen LogP contribution in [-0.2, 0) is 6.42 Å². The molecule has 0 fully saturated rings. The maximum Gasteiger partial charge on any atom is 0.158 e. The van der Waals surface area contributed by atoms with Crippen molar-refractivity contribution < 1.29 is 0 Å². The van der Waals surface area contributed by atoms with E-state index >= 15 is 0 Å². The number of hydrogen-bond acceptors (Lipinski definition) is 3. The summed E-state index contributed by atoms with van der Waals surface area (Å²) in [5, 5.41) is 7.27. The van der Waals surface area contributed by atoms with Crippen LogP contribution < -0.4 is 0 Å². The van der Waals surface area contributed by atoms with Crippen molar-refractivity contribution >= 4 is 0 Å². The maximum absolute atomic E-state index is 4.43. The van der Waals surface area contributed by atoms with Crippen molar-refractivity contribution in [3.63, 3.8) is 0 Å². The Morgan fingerprint density at radius 1 is 1.25 bits per heavy atom. The van der Waals surface area contributed by atoms with Crippen LogP contribution in [0, 0.1) is 6.92 Å². The van der Waals surface area contributed by atoms with Crippen LogP contribution in [0.4, 0.5) is 0 Å². The molecule has 0 radical (unpaired) electrons. The van der Waals surface area contributed by atoms with E-state index in [1.54, 1.807) is 6.20 Å². The van der Waals surface area contributed by atoms with Gasteiger partial charge in [0.05, 0.1) is 5.69 Å². The third-order valence-corrected chi connectivity index (χ3v) is 3.30. The summed E-state index contributed by atoms with van der Waals surface area (Å²) in [5.74, 6) is 0.894. The fourth-order valence-corrected chi connectivity index (χ4v) is 2.34. The first-order valence-corrected chi connectivity index (χ1v) is 6.69. The first-order chi connectivity index (χ1) is 9.74. The summed E-state index contributed by atoms with van der Waals surface area (Å²) in [6.07, 6.45) is 6.46. The summed E-state index contributed by atoms with van der Waals surface area (Å²) in [6, 6.07) is 8.21. The van der Waals surface area contributed by atoms with E-state index in [0.29, 0.717) is 0 Å². The van der Waals surface area contributed by atoms with E-state index in [2.05, 4.69) is 37.7 Å². The van der Waals surface area contributed by atoms with Crippen LogP contribution in [0.25, 0.3) is 11.5 Å². The van der Waals surface area contributed by atoms with E-state index in [0.717, 1.165) is 29.3 Å². The molecule has 0 amide bonds. The third-order valence-electron chi connectivity index (χ3n) is 3.30. The predicted octanol–water partition coefficient (Wildman–Crippen LogP) is 2.78. The standard InChI is InChI=1S/C15H17N5/c1-11-9-13(19-18-11)10-12(2)20-8-7-17-15(20)14-5-3-4-6-16-14/h3-9,12H,10H2,1-2H3,(H,18,19). The molecule has 3 heterocycles. The van der Waals surface area contributed by atoms with Gasteiger partial charge in [-0.1, -0.05) is 6.07 Å². The lowest BCUT2D eigenvalue weighted by molar-refractivity contribution is 0.542. The van der Waals surface area contributed by atoms with Gasteiger partial charge in [-0.05, 0) is 32.0 Å². The summed E-state index contributed by atoms with van der Waals surface area (Å²) in [4.78, 5) is 8.80. The highest BCUT2D eigenvalue weighted by Gasteiger charge is 2.14. The number of rotatable bonds is 4. The summed E-state index contributed by atoms with van der Waals surface area (Å²) in [7, 11) is 0. The van der Waals surface area contributed by atoms with Crippen molar-refractivity contribution in [1.82, 2.24) is 24.7 Å². The molecule has 1 atom stereocenters. The Balaban J connectivity index is 1.86. The van der Waals surface area contributed by atoms with Gasteiger partial charge in [-0.15, -0.1) is 0 Å². The average Bonchev–Trinajstić information content (AvgIpc) is 3.09. The maximum atomic E-state index is 4.43. The molecular formula is C15H17N5. The third kappa shape index (κ3) is 2.47. The van der Waals surface area contributed by atoms with Crippen LogP contribution in [0.1, 0.15) is 24.4 Å². The Bertz CT molecular complexity index is 683. The highest BCUT2D eigenvalue weighted by atomic mass is 15.1. The van der Waals surface area contributed by atoms with Crippen molar-refractivity contribution in [2.75, 3.05) is 0 Å². The number of nitrogens with one attached hydrogen (secondary N) is 1. The highest BCUT2D eigenvalue weighted by Crippen LogP contribution is 2.21. The minimum Gasteiger partial charge on any atom is -0.327 e. The zero-order chi connectivity index (χ0) is 13.9. The van der Waals surface area contributed by atoms with E-state index in [-0.39, 0.29) is 6.04 Å². The Morgan fingerprint density at radius 2 is 2.15 bits per heavy atom. The van der Waals surface area contributed by atoms with E-state index in [9.17, 15) is 0 Å². The molecule has 5 nitrogen and oxygen atoms in total. The lowest BCUT2D eigenvalue weighted by atomic mass is 10.1. The zero-order valence-electron chi connectivity index (χ0n) is 11.6. The van der Waals surface area contributed by atoms with Gasteiger partial charge in [-0.3, -0.25) is 10.1 Å². The molecule has 3 aromatic heterocycles. The van der Waals surface area contributed by atoms with Gasteiger partial charge in [0.25, 0.3) is 0 Å². The fourth-order valence-electron chi connectivity index (χ4n) is 2.34. The SMILES string of the molecule is Cc1cc(CC(C)n2ccnc2-c2ccccn2)n[nH]1. The number of imidazole rings is 1. The molecule has 0 saturated carbocycles. The second-order valence-corrected chi connectivity index (χ2v) is 4.97. The molecule has 0 saturated heterocycles. The summed E-state index contributed by atoms with van der Waals surface area (Å²) in [5.41, 5.74) is 3.04. The van der Waals surface area contributed by atoms with Gasteiger partial charge in [0.1, 0.15) is 5.69 Å². The number of pyridine rings is 1. The zero-order valence-corrected chi connectivity index (χ0v) is 11.6. The van der Waals surface area contributed by atoms with Gasteiger partial charge < -0.3 is 4.57 Å². The van der Waals surface area contributed by atoms with Gasteiger partial charge in [-0.2, -0.15) is 5.10 Å². The molecular weight excluding hydrogens is 250 g/mol. The molecule has 0 bridgehead atoms. The number of hydrogen-bond donors (Lipinski definition) is 1. The molecule has 5 heteroatoms. The number of aromatic amines is 1. The average molecular weight is 267 g/mol. The van der Waals surface area contributed by atoms with Crippen molar-refractivity contribution in [2.45, 2.75) is 26.3 Å². The van der Waals surface area contributed by atoms with Gasteiger partial charge >= 0.3 is 0 Å². The summed E-state index contributed by atoms with van der Waals surface area (Å²) >= 11 is 0. The van der Waals surface area contributed by atoms with E-state index in [1.807, 2.05) is 37.5 Å². The van der Waals surface area contributed by atoms with Crippen LogP contribution in [0.2, 0.25) is 0 Å². The highest BCUT2D eigenvalue weighted by molar-refractivity contribution is 5.49.